The first kappa shape index (κ1) is 14.3. The van der Waals surface area contributed by atoms with Crippen LogP contribution in [0.1, 0.15) is 42.9 Å². The number of hydrogen-bond donors (Lipinski definition) is 1. The molecule has 0 spiro atoms. The molecule has 21 heavy (non-hydrogen) atoms. The number of nitrogens with one attached hydrogen (secondary N) is 1. The summed E-state index contributed by atoms with van der Waals surface area (Å²) in [5.41, 5.74) is 4.04. The maximum atomic E-state index is 11.8. The van der Waals surface area contributed by atoms with Gasteiger partial charge < -0.3 is 9.32 Å². The standard InChI is InChI=1S/C18H23NO2/c1-12-8-16-15(11-19-7-5-4-6-14(19)3)10-18(20)21-17(16)9-13(12)2/h8-10,14H,4-7,11H2,1-3H3/p+1/t14-/m1/s1. The number of piperidine rings is 1. The maximum absolute atomic E-state index is 11.8. The first-order chi connectivity index (χ1) is 10.0. The summed E-state index contributed by atoms with van der Waals surface area (Å²) < 4.78 is 5.39. The van der Waals surface area contributed by atoms with Crippen molar-refractivity contribution in [3.63, 3.8) is 0 Å². The molecule has 1 aromatic heterocycles. The highest BCUT2D eigenvalue weighted by Gasteiger charge is 2.23. The van der Waals surface area contributed by atoms with Gasteiger partial charge in [0, 0.05) is 17.0 Å². The number of rotatable bonds is 2. The van der Waals surface area contributed by atoms with Crippen LogP contribution in [0.2, 0.25) is 0 Å². The second-order valence-electron chi connectivity index (χ2n) is 6.51. The number of quaternary nitrogens is 1. The lowest BCUT2D eigenvalue weighted by Gasteiger charge is -2.30. The second-order valence-corrected chi connectivity index (χ2v) is 6.51. The van der Waals surface area contributed by atoms with E-state index in [0.29, 0.717) is 6.04 Å². The summed E-state index contributed by atoms with van der Waals surface area (Å²) in [6.45, 7) is 8.61. The molecule has 3 heteroatoms. The Bertz CT molecular complexity index is 717. The minimum absolute atomic E-state index is 0.232. The third-order valence-electron chi connectivity index (χ3n) is 4.94. The van der Waals surface area contributed by atoms with Crippen molar-refractivity contribution in [2.24, 2.45) is 0 Å². The summed E-state index contributed by atoms with van der Waals surface area (Å²) >= 11 is 0. The molecule has 1 aromatic carbocycles. The van der Waals surface area contributed by atoms with Crippen molar-refractivity contribution in [1.29, 1.82) is 0 Å². The molecule has 1 aliphatic heterocycles. The number of benzene rings is 1. The second kappa shape index (κ2) is 5.64. The molecular weight excluding hydrogens is 262 g/mol. The normalized spacial score (nSPS) is 22.6. The molecule has 0 amide bonds. The molecular formula is C18H24NO2+. The average Bonchev–Trinajstić information content (AvgIpc) is 2.43. The Balaban J connectivity index is 2.04. The molecule has 3 nitrogen and oxygen atoms in total. The Morgan fingerprint density at radius 2 is 1.95 bits per heavy atom. The van der Waals surface area contributed by atoms with Crippen LogP contribution in [-0.2, 0) is 6.54 Å². The van der Waals surface area contributed by atoms with E-state index in [1.54, 1.807) is 11.0 Å². The molecule has 2 heterocycles. The Hall–Kier alpha value is -1.61. The van der Waals surface area contributed by atoms with Crippen molar-refractivity contribution in [2.75, 3.05) is 6.54 Å². The van der Waals surface area contributed by atoms with Gasteiger partial charge in [-0.1, -0.05) is 0 Å². The summed E-state index contributed by atoms with van der Waals surface area (Å²) in [6.07, 6.45) is 3.91. The van der Waals surface area contributed by atoms with E-state index in [-0.39, 0.29) is 5.63 Å². The van der Waals surface area contributed by atoms with Gasteiger partial charge in [-0.15, -0.1) is 0 Å². The van der Waals surface area contributed by atoms with Crippen LogP contribution in [0.4, 0.5) is 0 Å². The third kappa shape index (κ3) is 2.88. The third-order valence-corrected chi connectivity index (χ3v) is 4.94. The van der Waals surface area contributed by atoms with Crippen LogP contribution in [0, 0.1) is 13.8 Å². The monoisotopic (exact) mass is 286 g/mol. The zero-order valence-corrected chi connectivity index (χ0v) is 13.2. The predicted octanol–water partition coefficient (Wildman–Crippen LogP) is 2.37. The summed E-state index contributed by atoms with van der Waals surface area (Å²) in [6, 6.07) is 6.51. The molecule has 112 valence electrons. The number of aryl methyl sites for hydroxylation is 2. The summed E-state index contributed by atoms with van der Waals surface area (Å²) in [5.74, 6) is 0. The van der Waals surface area contributed by atoms with Crippen LogP contribution in [-0.4, -0.2) is 12.6 Å². The van der Waals surface area contributed by atoms with Crippen molar-refractivity contribution in [3.8, 4) is 0 Å². The lowest BCUT2D eigenvalue weighted by Crippen LogP contribution is -3.14. The molecule has 1 N–H and O–H groups in total. The fourth-order valence-corrected chi connectivity index (χ4v) is 3.39. The Morgan fingerprint density at radius 1 is 1.19 bits per heavy atom. The average molecular weight is 286 g/mol. The highest BCUT2D eigenvalue weighted by Crippen LogP contribution is 2.21. The SMILES string of the molecule is Cc1cc2oc(=O)cc(C[NH+]3CCCC[C@H]3C)c2cc1C. The molecule has 1 unspecified atom stereocenters. The van der Waals surface area contributed by atoms with E-state index in [4.69, 9.17) is 4.42 Å². The van der Waals surface area contributed by atoms with Crippen molar-refractivity contribution in [3.05, 3.63) is 45.3 Å². The molecule has 1 aliphatic rings. The van der Waals surface area contributed by atoms with Crippen LogP contribution >= 0.6 is 0 Å². The molecule has 2 atom stereocenters. The van der Waals surface area contributed by atoms with Crippen LogP contribution in [0.3, 0.4) is 0 Å². The minimum Gasteiger partial charge on any atom is -0.423 e. The van der Waals surface area contributed by atoms with E-state index in [2.05, 4.69) is 26.8 Å². The zero-order chi connectivity index (χ0) is 15.0. The zero-order valence-electron chi connectivity index (χ0n) is 13.2. The Labute approximate surface area is 125 Å². The summed E-state index contributed by atoms with van der Waals surface area (Å²) in [5, 5.41) is 1.10. The van der Waals surface area contributed by atoms with Gasteiger partial charge in [0.1, 0.15) is 12.1 Å². The smallest absolute Gasteiger partial charge is 0.336 e. The maximum Gasteiger partial charge on any atom is 0.336 e. The molecule has 0 saturated carbocycles. The van der Waals surface area contributed by atoms with Crippen LogP contribution in [0.15, 0.2) is 27.4 Å². The largest absolute Gasteiger partial charge is 0.423 e. The minimum atomic E-state index is -0.232. The molecule has 0 radical (unpaired) electrons. The summed E-state index contributed by atoms with van der Waals surface area (Å²) in [7, 11) is 0. The first-order valence-electron chi connectivity index (χ1n) is 7.93. The van der Waals surface area contributed by atoms with Gasteiger partial charge in [0.05, 0.1) is 12.6 Å². The molecule has 0 aliphatic carbocycles. The van der Waals surface area contributed by atoms with Crippen LogP contribution in [0.25, 0.3) is 11.0 Å². The number of likely N-dealkylation sites (tertiary alicyclic amines) is 1. The van der Waals surface area contributed by atoms with Gasteiger partial charge in [0.15, 0.2) is 0 Å². The molecule has 1 saturated heterocycles. The predicted molar refractivity (Wildman–Crippen MR) is 84.8 cm³/mol. The Kier molecular flexibility index (Phi) is 3.85. The quantitative estimate of drug-likeness (QED) is 0.860. The van der Waals surface area contributed by atoms with Gasteiger partial charge in [-0.3, -0.25) is 0 Å². The van der Waals surface area contributed by atoms with Gasteiger partial charge in [-0.25, -0.2) is 4.79 Å². The van der Waals surface area contributed by atoms with Crippen molar-refractivity contribution >= 4 is 11.0 Å². The highest BCUT2D eigenvalue weighted by atomic mass is 16.4. The number of hydrogen-bond acceptors (Lipinski definition) is 2. The topological polar surface area (TPSA) is 34.6 Å². The molecule has 2 aromatic rings. The highest BCUT2D eigenvalue weighted by molar-refractivity contribution is 5.81. The summed E-state index contributed by atoms with van der Waals surface area (Å²) in [4.78, 5) is 13.4. The van der Waals surface area contributed by atoms with E-state index in [1.807, 2.05) is 6.07 Å². The van der Waals surface area contributed by atoms with E-state index in [0.717, 1.165) is 23.1 Å². The van der Waals surface area contributed by atoms with E-state index in [9.17, 15) is 4.79 Å². The van der Waals surface area contributed by atoms with Crippen LogP contribution in [0.5, 0.6) is 0 Å². The number of fused-ring (bicyclic) bond motifs is 1. The van der Waals surface area contributed by atoms with E-state index in [1.165, 1.54) is 36.9 Å². The molecule has 1 fully saturated rings. The molecule has 3 rings (SSSR count). The van der Waals surface area contributed by atoms with Crippen molar-refractivity contribution in [1.82, 2.24) is 0 Å². The fourth-order valence-electron chi connectivity index (χ4n) is 3.39. The van der Waals surface area contributed by atoms with Gasteiger partial charge in [0.25, 0.3) is 0 Å². The van der Waals surface area contributed by atoms with E-state index >= 15 is 0 Å². The van der Waals surface area contributed by atoms with Gasteiger partial charge >= 0.3 is 5.63 Å². The Morgan fingerprint density at radius 3 is 2.71 bits per heavy atom. The lowest BCUT2D eigenvalue weighted by atomic mass is 10.00. The van der Waals surface area contributed by atoms with Gasteiger partial charge in [-0.2, -0.15) is 0 Å². The van der Waals surface area contributed by atoms with Crippen molar-refractivity contribution < 1.29 is 9.32 Å². The van der Waals surface area contributed by atoms with Gasteiger partial charge in [0.2, 0.25) is 0 Å². The van der Waals surface area contributed by atoms with Crippen molar-refractivity contribution in [2.45, 2.75) is 52.6 Å². The molecule has 0 bridgehead atoms. The fraction of sp³-hybridized carbons (Fsp3) is 0.500. The lowest BCUT2D eigenvalue weighted by molar-refractivity contribution is -0.941. The first-order valence-corrected chi connectivity index (χ1v) is 7.93. The van der Waals surface area contributed by atoms with E-state index < -0.39 is 0 Å². The van der Waals surface area contributed by atoms with Gasteiger partial charge in [-0.05, 0) is 63.3 Å². The van der Waals surface area contributed by atoms with Crippen LogP contribution < -0.4 is 10.5 Å².